The van der Waals surface area contributed by atoms with Crippen LogP contribution in [0.1, 0.15) is 32.6 Å². The van der Waals surface area contributed by atoms with E-state index in [2.05, 4.69) is 11.8 Å². The van der Waals surface area contributed by atoms with Gasteiger partial charge in [0.2, 0.25) is 0 Å². The molecule has 0 saturated heterocycles. The third-order valence-electron chi connectivity index (χ3n) is 2.62. The number of nitrogens with zero attached hydrogens (tertiary/aromatic N) is 1. The second-order valence-corrected chi connectivity index (χ2v) is 3.90. The molecule has 0 aromatic carbocycles. The van der Waals surface area contributed by atoms with Gasteiger partial charge in [-0.15, -0.1) is 0 Å². The van der Waals surface area contributed by atoms with Gasteiger partial charge in [0.1, 0.15) is 6.04 Å². The van der Waals surface area contributed by atoms with E-state index in [1.807, 2.05) is 0 Å². The minimum atomic E-state index is -0.726. The first kappa shape index (κ1) is 11.5. The summed E-state index contributed by atoms with van der Waals surface area (Å²) >= 11 is 0. The van der Waals surface area contributed by atoms with Crippen molar-refractivity contribution >= 4 is 5.97 Å². The summed E-state index contributed by atoms with van der Waals surface area (Å²) in [5.41, 5.74) is 5.43. The maximum Gasteiger partial charge on any atom is 0.320 e. The maximum atomic E-state index is 11.0. The quantitative estimate of drug-likeness (QED) is 0.633. The van der Waals surface area contributed by atoms with Gasteiger partial charge in [0.05, 0.1) is 0 Å². The molecule has 0 aromatic heterocycles. The number of nitrogens with two attached hydrogens (primary N) is 1. The fourth-order valence-electron chi connectivity index (χ4n) is 1.85. The molecule has 1 fully saturated rings. The third kappa shape index (κ3) is 2.96. The van der Waals surface area contributed by atoms with Gasteiger partial charge in [-0.05, 0) is 38.8 Å². The number of hydrogen-bond acceptors (Lipinski definition) is 3. The summed E-state index contributed by atoms with van der Waals surface area (Å²) in [5.74, 6) is -0.726. The van der Waals surface area contributed by atoms with Crippen LogP contribution in [-0.4, -0.2) is 41.1 Å². The largest absolute Gasteiger partial charge is 0.480 e. The van der Waals surface area contributed by atoms with Crippen LogP contribution in [0.5, 0.6) is 0 Å². The predicted octanol–water partition coefficient (Wildman–Crippen LogP) is 0.663. The SMILES string of the molecule is CCCN(C1CC1)C(CCN)C(=O)O. The normalized spacial score (nSPS) is 18.5. The molecule has 1 rings (SSSR count). The summed E-state index contributed by atoms with van der Waals surface area (Å²) in [7, 11) is 0. The Labute approximate surface area is 85.1 Å². The molecule has 1 unspecified atom stereocenters. The molecule has 0 heterocycles. The van der Waals surface area contributed by atoms with Crippen LogP contribution in [0.15, 0.2) is 0 Å². The van der Waals surface area contributed by atoms with Crippen LogP contribution in [0.4, 0.5) is 0 Å². The van der Waals surface area contributed by atoms with Gasteiger partial charge in [0.15, 0.2) is 0 Å². The summed E-state index contributed by atoms with van der Waals surface area (Å²) in [6.45, 7) is 3.41. The van der Waals surface area contributed by atoms with Crippen molar-refractivity contribution in [2.24, 2.45) is 5.73 Å². The van der Waals surface area contributed by atoms with E-state index in [-0.39, 0.29) is 6.04 Å². The first-order chi connectivity index (χ1) is 6.70. The van der Waals surface area contributed by atoms with E-state index < -0.39 is 5.97 Å². The lowest BCUT2D eigenvalue weighted by molar-refractivity contribution is -0.143. The van der Waals surface area contributed by atoms with Crippen molar-refractivity contribution in [3.8, 4) is 0 Å². The van der Waals surface area contributed by atoms with Crippen molar-refractivity contribution in [1.82, 2.24) is 4.90 Å². The summed E-state index contributed by atoms with van der Waals surface area (Å²) in [4.78, 5) is 13.1. The number of carboxylic acids is 1. The number of hydrogen-bond donors (Lipinski definition) is 2. The van der Waals surface area contributed by atoms with E-state index in [0.29, 0.717) is 19.0 Å². The van der Waals surface area contributed by atoms with Crippen molar-refractivity contribution in [1.29, 1.82) is 0 Å². The lowest BCUT2D eigenvalue weighted by atomic mass is 10.1. The highest BCUT2D eigenvalue weighted by Gasteiger charge is 2.36. The van der Waals surface area contributed by atoms with Gasteiger partial charge < -0.3 is 10.8 Å². The second-order valence-electron chi connectivity index (χ2n) is 3.90. The Hall–Kier alpha value is -0.610. The number of carboxylic acid groups (broad SMARTS) is 1. The highest BCUT2D eigenvalue weighted by atomic mass is 16.4. The zero-order chi connectivity index (χ0) is 10.6. The van der Waals surface area contributed by atoms with Gasteiger partial charge >= 0.3 is 5.97 Å². The zero-order valence-electron chi connectivity index (χ0n) is 8.78. The highest BCUT2D eigenvalue weighted by Crippen LogP contribution is 2.29. The highest BCUT2D eigenvalue weighted by molar-refractivity contribution is 5.73. The van der Waals surface area contributed by atoms with Crippen LogP contribution in [0, 0.1) is 0 Å². The summed E-state index contributed by atoms with van der Waals surface area (Å²) in [5, 5.41) is 9.08. The molecule has 1 atom stereocenters. The molecule has 3 N–H and O–H groups in total. The molecule has 1 aliphatic carbocycles. The van der Waals surface area contributed by atoms with Crippen LogP contribution >= 0.6 is 0 Å². The molecule has 0 aliphatic heterocycles. The first-order valence-corrected chi connectivity index (χ1v) is 5.39. The van der Waals surface area contributed by atoms with Crippen LogP contribution in [-0.2, 0) is 4.79 Å². The molecule has 0 radical (unpaired) electrons. The molecule has 0 aromatic rings. The van der Waals surface area contributed by atoms with Crippen molar-refractivity contribution < 1.29 is 9.90 Å². The average Bonchev–Trinajstić information content (AvgIpc) is 2.94. The Bertz CT molecular complexity index is 193. The molecular formula is C10H20N2O2. The Morgan fingerprint density at radius 1 is 1.64 bits per heavy atom. The summed E-state index contributed by atoms with van der Waals surface area (Å²) in [6, 6.07) is 0.134. The molecular weight excluding hydrogens is 180 g/mol. The Balaban J connectivity index is 2.55. The maximum absolute atomic E-state index is 11.0. The molecule has 4 heteroatoms. The average molecular weight is 200 g/mol. The standard InChI is InChI=1S/C10H20N2O2/c1-2-7-12(8-3-4-8)9(5-6-11)10(13)14/h8-9H,2-7,11H2,1H3,(H,13,14). The molecule has 82 valence electrons. The van der Waals surface area contributed by atoms with Crippen molar-refractivity contribution in [2.75, 3.05) is 13.1 Å². The van der Waals surface area contributed by atoms with Crippen molar-refractivity contribution in [2.45, 2.75) is 44.7 Å². The van der Waals surface area contributed by atoms with E-state index in [1.54, 1.807) is 0 Å². The molecule has 0 bridgehead atoms. The summed E-state index contributed by atoms with van der Waals surface area (Å²) < 4.78 is 0. The topological polar surface area (TPSA) is 66.6 Å². The molecule has 4 nitrogen and oxygen atoms in total. The van der Waals surface area contributed by atoms with Crippen LogP contribution in [0.3, 0.4) is 0 Å². The summed E-state index contributed by atoms with van der Waals surface area (Å²) in [6.07, 6.45) is 3.86. The minimum Gasteiger partial charge on any atom is -0.480 e. The van der Waals surface area contributed by atoms with E-state index in [0.717, 1.165) is 25.8 Å². The first-order valence-electron chi connectivity index (χ1n) is 5.39. The van der Waals surface area contributed by atoms with Gasteiger partial charge in [-0.2, -0.15) is 0 Å². The van der Waals surface area contributed by atoms with Crippen LogP contribution < -0.4 is 5.73 Å². The monoisotopic (exact) mass is 200 g/mol. The molecule has 14 heavy (non-hydrogen) atoms. The number of aliphatic carboxylic acids is 1. The third-order valence-corrected chi connectivity index (χ3v) is 2.62. The van der Waals surface area contributed by atoms with E-state index in [4.69, 9.17) is 10.8 Å². The fraction of sp³-hybridized carbons (Fsp3) is 0.900. The van der Waals surface area contributed by atoms with E-state index in [9.17, 15) is 4.79 Å². The molecule has 0 amide bonds. The second kappa shape index (κ2) is 5.32. The van der Waals surface area contributed by atoms with Gasteiger partial charge in [0.25, 0.3) is 0 Å². The minimum absolute atomic E-state index is 0.368. The molecule has 1 saturated carbocycles. The lowest BCUT2D eigenvalue weighted by Gasteiger charge is -2.28. The lowest BCUT2D eigenvalue weighted by Crippen LogP contribution is -2.44. The Morgan fingerprint density at radius 2 is 2.29 bits per heavy atom. The molecule has 1 aliphatic rings. The Kier molecular flexibility index (Phi) is 4.35. The van der Waals surface area contributed by atoms with Crippen LogP contribution in [0.25, 0.3) is 0 Å². The zero-order valence-corrected chi connectivity index (χ0v) is 8.78. The van der Waals surface area contributed by atoms with Gasteiger partial charge in [-0.1, -0.05) is 6.92 Å². The van der Waals surface area contributed by atoms with Gasteiger partial charge in [0, 0.05) is 6.04 Å². The Morgan fingerprint density at radius 3 is 2.64 bits per heavy atom. The predicted molar refractivity (Wildman–Crippen MR) is 55.1 cm³/mol. The van der Waals surface area contributed by atoms with Gasteiger partial charge in [-0.25, -0.2) is 0 Å². The van der Waals surface area contributed by atoms with Crippen molar-refractivity contribution in [3.05, 3.63) is 0 Å². The number of carbonyl (C=O) groups is 1. The van der Waals surface area contributed by atoms with Gasteiger partial charge in [-0.3, -0.25) is 9.69 Å². The smallest absolute Gasteiger partial charge is 0.320 e. The van der Waals surface area contributed by atoms with E-state index >= 15 is 0 Å². The number of rotatable bonds is 7. The molecule has 0 spiro atoms. The van der Waals surface area contributed by atoms with E-state index in [1.165, 1.54) is 0 Å². The van der Waals surface area contributed by atoms with Crippen LogP contribution in [0.2, 0.25) is 0 Å². The fourth-order valence-corrected chi connectivity index (χ4v) is 1.85. The van der Waals surface area contributed by atoms with Crippen molar-refractivity contribution in [3.63, 3.8) is 0 Å².